The number of hydrogen-bond donors (Lipinski definition) is 0. The second kappa shape index (κ2) is 8.97. The second-order valence-corrected chi connectivity index (χ2v) is 6.88. The van der Waals surface area contributed by atoms with Gasteiger partial charge in [0.25, 0.3) is 0 Å². The van der Waals surface area contributed by atoms with Gasteiger partial charge >= 0.3 is 6.61 Å². The predicted molar refractivity (Wildman–Crippen MR) is 97.2 cm³/mol. The Morgan fingerprint density at radius 2 is 1.67 bits per heavy atom. The molecule has 2 aliphatic rings. The Morgan fingerprint density at radius 3 is 2.33 bits per heavy atom. The zero-order valence-corrected chi connectivity index (χ0v) is 15.2. The van der Waals surface area contributed by atoms with Gasteiger partial charge in [-0.2, -0.15) is 8.78 Å². The lowest BCUT2D eigenvalue weighted by molar-refractivity contribution is -0.140. The molecule has 146 valence electrons. The van der Waals surface area contributed by atoms with Gasteiger partial charge in [-0.3, -0.25) is 9.59 Å². The highest BCUT2D eigenvalue weighted by molar-refractivity contribution is 5.92. The third kappa shape index (κ3) is 5.05. The molecule has 0 spiro atoms. The van der Waals surface area contributed by atoms with E-state index in [2.05, 4.69) is 4.74 Å². The molecule has 0 radical (unpaired) electrons. The third-order valence-electron chi connectivity index (χ3n) is 5.15. The number of piperazine rings is 1. The number of carbonyl (C=O) groups excluding carboxylic acids is 2. The van der Waals surface area contributed by atoms with E-state index in [0.717, 1.165) is 25.7 Å². The van der Waals surface area contributed by atoms with Crippen molar-refractivity contribution in [1.29, 1.82) is 0 Å². The summed E-state index contributed by atoms with van der Waals surface area (Å²) < 4.78 is 29.4. The van der Waals surface area contributed by atoms with Crippen molar-refractivity contribution in [3.05, 3.63) is 35.9 Å². The number of alkyl halides is 2. The number of hydrogen-bond acceptors (Lipinski definition) is 3. The van der Waals surface area contributed by atoms with Crippen LogP contribution < -0.4 is 4.74 Å². The molecule has 1 aliphatic carbocycles. The Balaban J connectivity index is 1.54. The molecule has 3 rings (SSSR count). The van der Waals surface area contributed by atoms with Gasteiger partial charge in [0.05, 0.1) is 0 Å². The Kier molecular flexibility index (Phi) is 6.42. The molecule has 0 atom stereocenters. The standard InChI is InChI=1S/C20H24F2N2O3/c21-20(22)27-17-8-4-3-5-15(17)9-10-18(25)23-11-13-24(14-12-23)19(26)16-6-1-2-7-16/h3-5,8-10,16,20H,1-2,6-7,11-14H2/b10-9+. The summed E-state index contributed by atoms with van der Waals surface area (Å²) in [5, 5.41) is 0. The summed E-state index contributed by atoms with van der Waals surface area (Å²) in [5.74, 6) is 0.199. The van der Waals surface area contributed by atoms with Crippen LogP contribution in [0.25, 0.3) is 6.08 Å². The Bertz CT molecular complexity index is 694. The van der Waals surface area contributed by atoms with Crippen LogP contribution in [-0.2, 0) is 9.59 Å². The number of nitrogens with zero attached hydrogens (tertiary/aromatic N) is 2. The number of para-hydroxylation sites is 1. The second-order valence-electron chi connectivity index (χ2n) is 6.88. The van der Waals surface area contributed by atoms with E-state index in [1.165, 1.54) is 18.2 Å². The quantitative estimate of drug-likeness (QED) is 0.740. The average Bonchev–Trinajstić information content (AvgIpc) is 3.21. The van der Waals surface area contributed by atoms with Crippen molar-refractivity contribution in [3.8, 4) is 5.75 Å². The molecular formula is C20H24F2N2O3. The third-order valence-corrected chi connectivity index (χ3v) is 5.15. The lowest BCUT2D eigenvalue weighted by Crippen LogP contribution is -2.51. The molecule has 7 heteroatoms. The summed E-state index contributed by atoms with van der Waals surface area (Å²) >= 11 is 0. The van der Waals surface area contributed by atoms with Crippen LogP contribution in [0, 0.1) is 5.92 Å². The molecule has 0 N–H and O–H groups in total. The molecule has 0 aromatic heterocycles. The van der Waals surface area contributed by atoms with Crippen molar-refractivity contribution in [2.24, 2.45) is 5.92 Å². The minimum atomic E-state index is -2.92. The first-order chi connectivity index (χ1) is 13.0. The van der Waals surface area contributed by atoms with Gasteiger partial charge in [-0.1, -0.05) is 31.0 Å². The first-order valence-corrected chi connectivity index (χ1v) is 9.34. The molecule has 0 bridgehead atoms. The van der Waals surface area contributed by atoms with Gasteiger partial charge in [-0.25, -0.2) is 0 Å². The lowest BCUT2D eigenvalue weighted by Gasteiger charge is -2.35. The van der Waals surface area contributed by atoms with E-state index in [9.17, 15) is 18.4 Å². The highest BCUT2D eigenvalue weighted by Gasteiger charge is 2.30. The highest BCUT2D eigenvalue weighted by atomic mass is 19.3. The molecule has 2 amide bonds. The fourth-order valence-electron chi connectivity index (χ4n) is 3.67. The monoisotopic (exact) mass is 378 g/mol. The van der Waals surface area contributed by atoms with Gasteiger partial charge in [0.15, 0.2) is 0 Å². The first-order valence-electron chi connectivity index (χ1n) is 9.34. The van der Waals surface area contributed by atoms with Crippen LogP contribution in [0.3, 0.4) is 0 Å². The van der Waals surface area contributed by atoms with E-state index in [1.807, 2.05) is 4.90 Å². The predicted octanol–water partition coefficient (Wildman–Crippen LogP) is 3.16. The molecule has 1 saturated heterocycles. The van der Waals surface area contributed by atoms with Crippen LogP contribution in [-0.4, -0.2) is 54.4 Å². The van der Waals surface area contributed by atoms with Crippen LogP contribution in [0.1, 0.15) is 31.2 Å². The number of halogens is 2. The van der Waals surface area contributed by atoms with E-state index >= 15 is 0 Å². The zero-order valence-electron chi connectivity index (χ0n) is 15.2. The smallest absolute Gasteiger partial charge is 0.387 e. The summed E-state index contributed by atoms with van der Waals surface area (Å²) in [4.78, 5) is 28.4. The fourth-order valence-corrected chi connectivity index (χ4v) is 3.67. The van der Waals surface area contributed by atoms with Crippen LogP contribution in [0.2, 0.25) is 0 Å². The van der Waals surface area contributed by atoms with Crippen molar-refractivity contribution >= 4 is 17.9 Å². The molecular weight excluding hydrogens is 354 g/mol. The van der Waals surface area contributed by atoms with Gasteiger partial charge in [-0.05, 0) is 25.0 Å². The summed E-state index contributed by atoms with van der Waals surface area (Å²) in [5.41, 5.74) is 0.418. The van der Waals surface area contributed by atoms with Crippen LogP contribution in [0.4, 0.5) is 8.78 Å². The van der Waals surface area contributed by atoms with E-state index in [1.54, 1.807) is 23.1 Å². The number of amides is 2. The van der Waals surface area contributed by atoms with Crippen molar-refractivity contribution in [1.82, 2.24) is 9.80 Å². The molecule has 27 heavy (non-hydrogen) atoms. The minimum absolute atomic E-state index is 0.0310. The molecule has 2 fully saturated rings. The Hall–Kier alpha value is -2.44. The van der Waals surface area contributed by atoms with E-state index in [4.69, 9.17) is 0 Å². The van der Waals surface area contributed by atoms with Gasteiger partial charge in [0.2, 0.25) is 11.8 Å². The van der Waals surface area contributed by atoms with E-state index < -0.39 is 6.61 Å². The number of rotatable bonds is 5. The lowest BCUT2D eigenvalue weighted by atomic mass is 10.1. The van der Waals surface area contributed by atoms with Gasteiger partial charge < -0.3 is 14.5 Å². The Morgan fingerprint density at radius 1 is 1.04 bits per heavy atom. The molecule has 5 nitrogen and oxygen atoms in total. The van der Waals surface area contributed by atoms with Gasteiger partial charge in [0, 0.05) is 43.7 Å². The van der Waals surface area contributed by atoms with Crippen molar-refractivity contribution in [2.45, 2.75) is 32.3 Å². The fraction of sp³-hybridized carbons (Fsp3) is 0.500. The summed E-state index contributed by atoms with van der Waals surface area (Å²) in [6, 6.07) is 6.33. The topological polar surface area (TPSA) is 49.9 Å². The van der Waals surface area contributed by atoms with Crippen LogP contribution >= 0.6 is 0 Å². The number of carbonyl (C=O) groups is 2. The number of benzene rings is 1. The van der Waals surface area contributed by atoms with Crippen molar-refractivity contribution < 1.29 is 23.1 Å². The van der Waals surface area contributed by atoms with Gasteiger partial charge in [0.1, 0.15) is 5.75 Å². The van der Waals surface area contributed by atoms with Crippen LogP contribution in [0.5, 0.6) is 5.75 Å². The Labute approximate surface area is 157 Å². The number of ether oxygens (including phenoxy) is 1. The normalized spacial score (nSPS) is 18.5. The minimum Gasteiger partial charge on any atom is -0.434 e. The molecule has 1 heterocycles. The molecule has 0 unspecified atom stereocenters. The molecule has 1 aromatic carbocycles. The maximum atomic E-state index is 12.5. The summed E-state index contributed by atoms with van der Waals surface area (Å²) in [6.07, 6.45) is 7.03. The summed E-state index contributed by atoms with van der Waals surface area (Å²) in [6.45, 7) is -0.867. The zero-order chi connectivity index (χ0) is 19.2. The van der Waals surface area contributed by atoms with Crippen molar-refractivity contribution in [3.63, 3.8) is 0 Å². The molecule has 1 saturated carbocycles. The first kappa shape index (κ1) is 19.3. The largest absolute Gasteiger partial charge is 0.434 e. The highest BCUT2D eigenvalue weighted by Crippen LogP contribution is 2.27. The summed E-state index contributed by atoms with van der Waals surface area (Å²) in [7, 11) is 0. The maximum Gasteiger partial charge on any atom is 0.387 e. The molecule has 1 aromatic rings. The van der Waals surface area contributed by atoms with Crippen LogP contribution in [0.15, 0.2) is 30.3 Å². The van der Waals surface area contributed by atoms with E-state index in [-0.39, 0.29) is 23.5 Å². The van der Waals surface area contributed by atoms with E-state index in [0.29, 0.717) is 31.7 Å². The SMILES string of the molecule is O=C(/C=C/c1ccccc1OC(F)F)N1CCN(C(=O)C2CCCC2)CC1. The van der Waals surface area contributed by atoms with Gasteiger partial charge in [-0.15, -0.1) is 0 Å². The average molecular weight is 378 g/mol. The maximum absolute atomic E-state index is 12.5. The van der Waals surface area contributed by atoms with Crippen molar-refractivity contribution in [2.75, 3.05) is 26.2 Å². The molecule has 1 aliphatic heterocycles.